The van der Waals surface area contributed by atoms with Gasteiger partial charge in [0.1, 0.15) is 5.82 Å². The molecule has 0 aliphatic heterocycles. The van der Waals surface area contributed by atoms with Gasteiger partial charge in [-0.05, 0) is 31.4 Å². The molecule has 3 rings (SSSR count). The molecule has 0 unspecified atom stereocenters. The Kier molecular flexibility index (Phi) is 2.59. The van der Waals surface area contributed by atoms with E-state index in [1.165, 1.54) is 17.7 Å². The molecule has 0 aromatic carbocycles. The van der Waals surface area contributed by atoms with Crippen molar-refractivity contribution in [1.29, 1.82) is 0 Å². The summed E-state index contributed by atoms with van der Waals surface area (Å²) in [6, 6.07) is 6.15. The summed E-state index contributed by atoms with van der Waals surface area (Å²) < 4.78 is 0. The molecule has 0 spiro atoms. The van der Waals surface area contributed by atoms with Crippen LogP contribution in [0.3, 0.4) is 0 Å². The zero-order valence-corrected chi connectivity index (χ0v) is 10.6. The van der Waals surface area contributed by atoms with Crippen LogP contribution < -0.4 is 5.73 Å². The van der Waals surface area contributed by atoms with Crippen LogP contribution >= 0.6 is 11.3 Å². The quantitative estimate of drug-likeness (QED) is 0.903. The fourth-order valence-electron chi connectivity index (χ4n) is 1.87. The van der Waals surface area contributed by atoms with E-state index < -0.39 is 0 Å². The monoisotopic (exact) mass is 245 g/mol. The molecular formula is C13H15N3S. The average Bonchev–Trinajstić information content (AvgIpc) is 3.06. The number of hydrogen-bond donors (Lipinski definition) is 1. The van der Waals surface area contributed by atoms with Crippen LogP contribution in [0.5, 0.6) is 0 Å². The van der Waals surface area contributed by atoms with Gasteiger partial charge in [-0.3, -0.25) is 0 Å². The van der Waals surface area contributed by atoms with Crippen LogP contribution in [-0.2, 0) is 6.42 Å². The molecule has 0 bridgehead atoms. The lowest BCUT2D eigenvalue weighted by Gasteiger charge is -2.02. The molecule has 0 radical (unpaired) electrons. The van der Waals surface area contributed by atoms with E-state index in [9.17, 15) is 0 Å². The number of aryl methyl sites for hydroxylation is 1. The molecule has 2 aromatic rings. The first-order chi connectivity index (χ1) is 8.26. The minimum absolute atomic E-state index is 0.586. The van der Waals surface area contributed by atoms with Gasteiger partial charge < -0.3 is 5.73 Å². The lowest BCUT2D eigenvalue weighted by Crippen LogP contribution is -1.98. The minimum Gasteiger partial charge on any atom is -0.384 e. The van der Waals surface area contributed by atoms with Crippen molar-refractivity contribution in [3.05, 3.63) is 28.8 Å². The molecule has 2 aromatic heterocycles. The highest BCUT2D eigenvalue weighted by molar-refractivity contribution is 7.15. The average molecular weight is 245 g/mol. The maximum absolute atomic E-state index is 5.86. The summed E-state index contributed by atoms with van der Waals surface area (Å²) in [4.78, 5) is 11.5. The highest BCUT2D eigenvalue weighted by atomic mass is 32.1. The standard InChI is InChI=1S/C13H15N3S/c1-2-9-5-6-11(17-9)13-15-10(8-3-4-8)7-12(14)16-13/h5-8H,2-4H2,1H3,(H2,14,15,16). The third-order valence-corrected chi connectivity index (χ3v) is 4.22. The number of rotatable bonds is 3. The Morgan fingerprint density at radius 2 is 2.18 bits per heavy atom. The molecule has 4 heteroatoms. The molecule has 1 fully saturated rings. The van der Waals surface area contributed by atoms with E-state index in [4.69, 9.17) is 5.73 Å². The summed E-state index contributed by atoms with van der Waals surface area (Å²) in [6.45, 7) is 2.16. The van der Waals surface area contributed by atoms with Crippen molar-refractivity contribution in [3.63, 3.8) is 0 Å². The van der Waals surface area contributed by atoms with Crippen molar-refractivity contribution in [2.24, 2.45) is 0 Å². The van der Waals surface area contributed by atoms with E-state index in [0.717, 1.165) is 22.8 Å². The van der Waals surface area contributed by atoms with E-state index in [0.29, 0.717) is 11.7 Å². The number of aromatic nitrogens is 2. The smallest absolute Gasteiger partial charge is 0.171 e. The molecule has 1 saturated carbocycles. The highest BCUT2D eigenvalue weighted by Crippen LogP contribution is 2.40. The largest absolute Gasteiger partial charge is 0.384 e. The van der Waals surface area contributed by atoms with Crippen molar-refractivity contribution < 1.29 is 0 Å². The van der Waals surface area contributed by atoms with Gasteiger partial charge in [-0.1, -0.05) is 6.92 Å². The van der Waals surface area contributed by atoms with Gasteiger partial charge in [-0.2, -0.15) is 0 Å². The van der Waals surface area contributed by atoms with Crippen LogP contribution in [0, 0.1) is 0 Å². The van der Waals surface area contributed by atoms with Crippen LogP contribution in [-0.4, -0.2) is 9.97 Å². The lowest BCUT2D eigenvalue weighted by atomic mass is 10.2. The number of nitrogens with two attached hydrogens (primary N) is 1. The van der Waals surface area contributed by atoms with Crippen molar-refractivity contribution >= 4 is 17.2 Å². The molecule has 88 valence electrons. The SMILES string of the molecule is CCc1ccc(-c2nc(N)cc(C3CC3)n2)s1. The number of anilines is 1. The molecule has 1 aliphatic carbocycles. The first-order valence-corrected chi connectivity index (χ1v) is 6.81. The second-order valence-electron chi connectivity index (χ2n) is 4.44. The molecule has 2 heterocycles. The van der Waals surface area contributed by atoms with Gasteiger partial charge >= 0.3 is 0 Å². The topological polar surface area (TPSA) is 51.8 Å². The van der Waals surface area contributed by atoms with E-state index in [1.807, 2.05) is 6.07 Å². The van der Waals surface area contributed by atoms with E-state index in [1.54, 1.807) is 11.3 Å². The summed E-state index contributed by atoms with van der Waals surface area (Å²) in [5.74, 6) is 1.99. The van der Waals surface area contributed by atoms with E-state index >= 15 is 0 Å². The van der Waals surface area contributed by atoms with Crippen molar-refractivity contribution in [3.8, 4) is 10.7 Å². The van der Waals surface area contributed by atoms with Crippen LogP contribution in [0.1, 0.15) is 36.3 Å². The Morgan fingerprint density at radius 3 is 2.82 bits per heavy atom. The summed E-state index contributed by atoms with van der Waals surface area (Å²) >= 11 is 1.75. The van der Waals surface area contributed by atoms with Crippen molar-refractivity contribution in [2.45, 2.75) is 32.1 Å². The first-order valence-electron chi connectivity index (χ1n) is 6.00. The maximum Gasteiger partial charge on any atom is 0.171 e. The van der Waals surface area contributed by atoms with Crippen LogP contribution in [0.2, 0.25) is 0 Å². The minimum atomic E-state index is 0.586. The molecule has 17 heavy (non-hydrogen) atoms. The fraction of sp³-hybridized carbons (Fsp3) is 0.385. The van der Waals surface area contributed by atoms with E-state index in [2.05, 4.69) is 29.0 Å². The predicted molar refractivity (Wildman–Crippen MR) is 71.1 cm³/mol. The zero-order chi connectivity index (χ0) is 11.8. The van der Waals surface area contributed by atoms with Gasteiger partial charge in [0, 0.05) is 22.6 Å². The molecule has 0 amide bonds. The van der Waals surface area contributed by atoms with Gasteiger partial charge in [0.25, 0.3) is 0 Å². The highest BCUT2D eigenvalue weighted by Gasteiger charge is 2.26. The third-order valence-electron chi connectivity index (χ3n) is 2.99. The Bertz CT molecular complexity index is 543. The number of nitrogens with zero attached hydrogens (tertiary/aromatic N) is 2. The summed E-state index contributed by atoms with van der Waals surface area (Å²) in [6.07, 6.45) is 3.53. The normalized spacial score (nSPS) is 15.1. The second-order valence-corrected chi connectivity index (χ2v) is 5.60. The van der Waals surface area contributed by atoms with Gasteiger partial charge in [0.15, 0.2) is 5.82 Å². The van der Waals surface area contributed by atoms with Crippen LogP contribution in [0.15, 0.2) is 18.2 Å². The predicted octanol–water partition coefficient (Wildman–Crippen LogP) is 3.23. The Hall–Kier alpha value is -1.42. The Morgan fingerprint density at radius 1 is 1.35 bits per heavy atom. The van der Waals surface area contributed by atoms with Gasteiger partial charge in [-0.15, -0.1) is 11.3 Å². The van der Waals surface area contributed by atoms with Crippen LogP contribution in [0.4, 0.5) is 5.82 Å². The lowest BCUT2D eigenvalue weighted by molar-refractivity contribution is 1.00. The summed E-state index contributed by atoms with van der Waals surface area (Å²) in [5, 5.41) is 0. The molecule has 0 atom stereocenters. The molecule has 2 N–H and O–H groups in total. The van der Waals surface area contributed by atoms with Gasteiger partial charge in [0.2, 0.25) is 0 Å². The molecule has 3 nitrogen and oxygen atoms in total. The number of nitrogen functional groups attached to an aromatic ring is 1. The fourth-order valence-corrected chi connectivity index (χ4v) is 2.75. The van der Waals surface area contributed by atoms with Gasteiger partial charge in [-0.25, -0.2) is 9.97 Å². The van der Waals surface area contributed by atoms with Crippen LogP contribution in [0.25, 0.3) is 10.7 Å². The second kappa shape index (κ2) is 4.11. The van der Waals surface area contributed by atoms with Gasteiger partial charge in [0.05, 0.1) is 4.88 Å². The summed E-state index contributed by atoms with van der Waals surface area (Å²) in [5.41, 5.74) is 6.97. The van der Waals surface area contributed by atoms with E-state index in [-0.39, 0.29) is 0 Å². The third kappa shape index (κ3) is 2.17. The maximum atomic E-state index is 5.86. The van der Waals surface area contributed by atoms with Crippen molar-refractivity contribution in [1.82, 2.24) is 9.97 Å². The summed E-state index contributed by atoms with van der Waals surface area (Å²) in [7, 11) is 0. The number of thiophene rings is 1. The number of hydrogen-bond acceptors (Lipinski definition) is 4. The zero-order valence-electron chi connectivity index (χ0n) is 9.81. The molecule has 1 aliphatic rings. The molecular weight excluding hydrogens is 230 g/mol. The van der Waals surface area contributed by atoms with Crippen molar-refractivity contribution in [2.75, 3.05) is 5.73 Å². The Balaban J connectivity index is 2.01. The Labute approximate surface area is 105 Å². The first kappa shape index (κ1) is 10.7. The molecule has 0 saturated heterocycles.